The normalized spacial score (nSPS) is 15.1. The zero-order valence-corrected chi connectivity index (χ0v) is 16.9. The first kappa shape index (κ1) is 20.9. The highest BCUT2D eigenvalue weighted by atomic mass is 35.5. The second kappa shape index (κ2) is 8.69. The number of ether oxygens (including phenoxy) is 1. The lowest BCUT2D eigenvalue weighted by molar-refractivity contribution is -0.127. The minimum Gasteiger partial charge on any atom is -0.422 e. The van der Waals surface area contributed by atoms with Crippen LogP contribution in [0.3, 0.4) is 0 Å². The van der Waals surface area contributed by atoms with Crippen LogP contribution in [-0.2, 0) is 9.59 Å². The van der Waals surface area contributed by atoms with Gasteiger partial charge in [-0.3, -0.25) is 19.3 Å². The molecule has 3 rings (SSSR count). The third-order valence-electron chi connectivity index (χ3n) is 3.75. The fourth-order valence-electron chi connectivity index (χ4n) is 2.44. The maximum atomic E-state index is 12.5. The molecule has 10 heteroatoms. The second-order valence-electron chi connectivity index (χ2n) is 5.79. The van der Waals surface area contributed by atoms with Gasteiger partial charge in [0.1, 0.15) is 12.3 Å². The van der Waals surface area contributed by atoms with Crippen molar-refractivity contribution in [1.82, 2.24) is 4.90 Å². The zero-order valence-electron chi connectivity index (χ0n) is 14.6. The van der Waals surface area contributed by atoms with Crippen molar-refractivity contribution in [3.8, 4) is 5.75 Å². The van der Waals surface area contributed by atoms with E-state index in [2.05, 4.69) is 0 Å². The molecule has 1 heterocycles. The number of thioether (sulfide) groups is 1. The van der Waals surface area contributed by atoms with E-state index < -0.39 is 29.6 Å². The minimum absolute atomic E-state index is 0.0734. The van der Waals surface area contributed by atoms with E-state index in [4.69, 9.17) is 33.7 Å². The largest absolute Gasteiger partial charge is 0.422 e. The monoisotopic (exact) mass is 450 g/mol. The van der Waals surface area contributed by atoms with Gasteiger partial charge in [-0.15, -0.1) is 0 Å². The van der Waals surface area contributed by atoms with E-state index in [-0.39, 0.29) is 21.2 Å². The van der Waals surface area contributed by atoms with E-state index in [0.29, 0.717) is 22.3 Å². The number of primary amides is 1. The van der Waals surface area contributed by atoms with Crippen molar-refractivity contribution in [2.75, 3.05) is 6.54 Å². The SMILES string of the molecule is NC(=O)CN1C(=O)S/C(=C\c2ccccc2OC(=O)c2ccc(Cl)cc2Cl)C1=O. The summed E-state index contributed by atoms with van der Waals surface area (Å²) in [6.45, 7) is -0.506. The van der Waals surface area contributed by atoms with E-state index in [9.17, 15) is 19.2 Å². The Labute approximate surface area is 179 Å². The Balaban J connectivity index is 1.87. The lowest BCUT2D eigenvalue weighted by Gasteiger charge is -2.10. The molecule has 0 aliphatic carbocycles. The highest BCUT2D eigenvalue weighted by Gasteiger charge is 2.36. The molecule has 0 radical (unpaired) electrons. The summed E-state index contributed by atoms with van der Waals surface area (Å²) >= 11 is 12.5. The molecule has 0 saturated carbocycles. The van der Waals surface area contributed by atoms with Crippen LogP contribution in [0.2, 0.25) is 10.0 Å². The molecule has 148 valence electrons. The predicted octanol–water partition coefficient (Wildman–Crippen LogP) is 3.73. The Kier molecular flexibility index (Phi) is 6.26. The first-order valence-electron chi connectivity index (χ1n) is 8.06. The maximum Gasteiger partial charge on any atom is 0.345 e. The van der Waals surface area contributed by atoms with Crippen molar-refractivity contribution >= 4 is 64.1 Å². The summed E-state index contributed by atoms with van der Waals surface area (Å²) in [6, 6.07) is 10.8. The lowest BCUT2D eigenvalue weighted by Crippen LogP contribution is -2.36. The summed E-state index contributed by atoms with van der Waals surface area (Å²) in [6.07, 6.45) is 1.40. The van der Waals surface area contributed by atoms with Crippen LogP contribution in [0.1, 0.15) is 15.9 Å². The van der Waals surface area contributed by atoms with Crippen LogP contribution in [-0.4, -0.2) is 34.5 Å². The number of esters is 1. The van der Waals surface area contributed by atoms with Gasteiger partial charge in [0.2, 0.25) is 5.91 Å². The van der Waals surface area contributed by atoms with Crippen LogP contribution in [0, 0.1) is 0 Å². The Morgan fingerprint density at radius 3 is 2.55 bits per heavy atom. The molecule has 0 unspecified atom stereocenters. The summed E-state index contributed by atoms with van der Waals surface area (Å²) in [5, 5.41) is -0.103. The molecule has 1 aliphatic rings. The number of rotatable bonds is 5. The van der Waals surface area contributed by atoms with Gasteiger partial charge in [-0.2, -0.15) is 0 Å². The van der Waals surface area contributed by atoms with Gasteiger partial charge >= 0.3 is 5.97 Å². The maximum absolute atomic E-state index is 12.5. The van der Waals surface area contributed by atoms with E-state index in [1.54, 1.807) is 18.2 Å². The highest BCUT2D eigenvalue weighted by Crippen LogP contribution is 2.34. The fraction of sp³-hybridized carbons (Fsp3) is 0.0526. The third-order valence-corrected chi connectivity index (χ3v) is 5.20. The summed E-state index contributed by atoms with van der Waals surface area (Å²) in [7, 11) is 0. The van der Waals surface area contributed by atoms with Crippen LogP contribution >= 0.6 is 35.0 Å². The number of halogens is 2. The molecular formula is C19H12Cl2N2O5S. The van der Waals surface area contributed by atoms with Crippen molar-refractivity contribution in [2.24, 2.45) is 5.73 Å². The summed E-state index contributed by atoms with van der Waals surface area (Å²) in [5.41, 5.74) is 5.56. The number of amides is 3. The molecule has 1 aliphatic heterocycles. The van der Waals surface area contributed by atoms with Gasteiger partial charge in [-0.05, 0) is 42.1 Å². The van der Waals surface area contributed by atoms with Crippen molar-refractivity contribution in [3.05, 3.63) is 68.5 Å². The van der Waals surface area contributed by atoms with Crippen molar-refractivity contribution in [2.45, 2.75) is 0 Å². The number of carbonyl (C=O) groups excluding carboxylic acids is 4. The molecule has 2 aromatic carbocycles. The molecule has 3 amide bonds. The number of hydrogen-bond acceptors (Lipinski definition) is 6. The van der Waals surface area contributed by atoms with Crippen molar-refractivity contribution in [1.29, 1.82) is 0 Å². The zero-order chi connectivity index (χ0) is 21.1. The molecule has 0 atom stereocenters. The van der Waals surface area contributed by atoms with E-state index in [1.165, 1.54) is 30.3 Å². The standard InChI is InChI=1S/C19H12Cl2N2O5S/c20-11-5-6-12(13(21)8-11)18(26)28-14-4-2-1-3-10(14)7-15-17(25)23(9-16(22)24)19(27)29-15/h1-8H,9H2,(H2,22,24)/b15-7-. The summed E-state index contributed by atoms with van der Waals surface area (Å²) in [5.74, 6) is -2.01. The average Bonchev–Trinajstić information content (AvgIpc) is 2.90. The Morgan fingerprint density at radius 1 is 1.14 bits per heavy atom. The molecule has 1 saturated heterocycles. The summed E-state index contributed by atoms with van der Waals surface area (Å²) in [4.78, 5) is 48.6. The molecule has 29 heavy (non-hydrogen) atoms. The molecule has 2 aromatic rings. The Bertz CT molecular complexity index is 1070. The molecule has 0 spiro atoms. The van der Waals surface area contributed by atoms with Gasteiger partial charge in [0.05, 0.1) is 15.5 Å². The number of para-hydroxylation sites is 1. The minimum atomic E-state index is -0.803. The molecule has 7 nitrogen and oxygen atoms in total. The topological polar surface area (TPSA) is 107 Å². The van der Waals surface area contributed by atoms with Crippen molar-refractivity contribution < 1.29 is 23.9 Å². The van der Waals surface area contributed by atoms with Gasteiger partial charge in [-0.25, -0.2) is 4.79 Å². The Morgan fingerprint density at radius 2 is 1.86 bits per heavy atom. The van der Waals surface area contributed by atoms with Crippen LogP contribution in [0.4, 0.5) is 4.79 Å². The number of imide groups is 1. The lowest BCUT2D eigenvalue weighted by atomic mass is 10.1. The van der Waals surface area contributed by atoms with Gasteiger partial charge in [0.25, 0.3) is 11.1 Å². The quantitative estimate of drug-likeness (QED) is 0.422. The number of carbonyl (C=O) groups is 4. The first-order chi connectivity index (χ1) is 13.8. The smallest absolute Gasteiger partial charge is 0.345 e. The van der Waals surface area contributed by atoms with Crippen LogP contribution in [0.25, 0.3) is 6.08 Å². The van der Waals surface area contributed by atoms with Gasteiger partial charge in [0, 0.05) is 10.6 Å². The summed E-state index contributed by atoms with van der Waals surface area (Å²) < 4.78 is 5.41. The van der Waals surface area contributed by atoms with Gasteiger partial charge < -0.3 is 10.5 Å². The number of hydrogen-bond donors (Lipinski definition) is 1. The van der Waals surface area contributed by atoms with E-state index in [1.807, 2.05) is 0 Å². The number of nitrogens with two attached hydrogens (primary N) is 1. The number of benzene rings is 2. The van der Waals surface area contributed by atoms with Crippen LogP contribution in [0.5, 0.6) is 5.75 Å². The third kappa shape index (κ3) is 4.79. The second-order valence-corrected chi connectivity index (χ2v) is 7.62. The van der Waals surface area contributed by atoms with E-state index >= 15 is 0 Å². The fourth-order valence-corrected chi connectivity index (χ4v) is 3.75. The molecule has 0 aromatic heterocycles. The van der Waals surface area contributed by atoms with Crippen molar-refractivity contribution in [3.63, 3.8) is 0 Å². The molecule has 0 bridgehead atoms. The highest BCUT2D eigenvalue weighted by molar-refractivity contribution is 8.18. The molecule has 1 fully saturated rings. The van der Waals surface area contributed by atoms with E-state index in [0.717, 1.165) is 4.90 Å². The predicted molar refractivity (Wildman–Crippen MR) is 110 cm³/mol. The molecular weight excluding hydrogens is 439 g/mol. The molecule has 2 N–H and O–H groups in total. The average molecular weight is 451 g/mol. The van der Waals surface area contributed by atoms with Crippen LogP contribution < -0.4 is 10.5 Å². The first-order valence-corrected chi connectivity index (χ1v) is 9.63. The van der Waals surface area contributed by atoms with Gasteiger partial charge in [-0.1, -0.05) is 41.4 Å². The van der Waals surface area contributed by atoms with Crippen LogP contribution in [0.15, 0.2) is 47.4 Å². The van der Waals surface area contributed by atoms with Gasteiger partial charge in [0.15, 0.2) is 0 Å². The number of nitrogens with zero attached hydrogens (tertiary/aromatic N) is 1. The Hall–Kier alpha value is -2.81.